The number of carbonyl (C=O) groups is 1. The highest BCUT2D eigenvalue weighted by Gasteiger charge is 2.29. The maximum Gasteiger partial charge on any atom is 0.317 e. The molecule has 0 saturated heterocycles. The van der Waals surface area contributed by atoms with E-state index in [1.165, 1.54) is 51.4 Å². The minimum Gasteiger partial charge on any atom is -0.378 e. The van der Waals surface area contributed by atoms with Crippen molar-refractivity contribution in [1.29, 1.82) is 0 Å². The molecule has 0 aliphatic heterocycles. The number of hydrogen-bond donors (Lipinski definition) is 1. The lowest BCUT2D eigenvalue weighted by molar-refractivity contribution is 0.0410. The highest BCUT2D eigenvalue weighted by molar-refractivity contribution is 5.74. The molecule has 4 heteroatoms. The Morgan fingerprint density at radius 2 is 1.80 bits per heavy atom. The van der Waals surface area contributed by atoms with Gasteiger partial charge in [-0.25, -0.2) is 4.79 Å². The highest BCUT2D eigenvalue weighted by atomic mass is 16.5. The lowest BCUT2D eigenvalue weighted by Gasteiger charge is -2.17. The predicted octanol–water partition coefficient (Wildman–Crippen LogP) is 3.31. The Hall–Kier alpha value is -0.770. The third kappa shape index (κ3) is 5.70. The van der Waals surface area contributed by atoms with Gasteiger partial charge in [-0.2, -0.15) is 0 Å². The second-order valence-electron chi connectivity index (χ2n) is 6.27. The second kappa shape index (κ2) is 8.50. The molecule has 2 aliphatic rings. The smallest absolute Gasteiger partial charge is 0.317 e. The van der Waals surface area contributed by atoms with Crippen LogP contribution in [0.5, 0.6) is 0 Å². The highest BCUT2D eigenvalue weighted by Crippen LogP contribution is 2.25. The summed E-state index contributed by atoms with van der Waals surface area (Å²) in [5.74, 6) is 0. The number of urea groups is 1. The van der Waals surface area contributed by atoms with E-state index in [4.69, 9.17) is 4.74 Å². The van der Waals surface area contributed by atoms with Crippen molar-refractivity contribution < 1.29 is 9.53 Å². The molecule has 0 radical (unpaired) electrons. The molecule has 0 aromatic carbocycles. The minimum atomic E-state index is 0.0807. The molecule has 0 aromatic rings. The lowest BCUT2D eigenvalue weighted by Crippen LogP contribution is -2.39. The zero-order chi connectivity index (χ0) is 14.2. The SMILES string of the molecule is CN(C(=O)NCCCCOC1CCCCCC1)C1CC1. The van der Waals surface area contributed by atoms with Crippen molar-refractivity contribution >= 4 is 6.03 Å². The van der Waals surface area contributed by atoms with E-state index in [1.807, 2.05) is 11.9 Å². The van der Waals surface area contributed by atoms with E-state index in [-0.39, 0.29) is 6.03 Å². The summed E-state index contributed by atoms with van der Waals surface area (Å²) in [5.41, 5.74) is 0. The number of nitrogens with one attached hydrogen (secondary N) is 1. The largest absolute Gasteiger partial charge is 0.378 e. The van der Waals surface area contributed by atoms with Gasteiger partial charge in [0.05, 0.1) is 6.10 Å². The molecule has 20 heavy (non-hydrogen) atoms. The van der Waals surface area contributed by atoms with Gasteiger partial charge in [0.2, 0.25) is 0 Å². The molecule has 0 unspecified atom stereocenters. The maximum absolute atomic E-state index is 11.7. The monoisotopic (exact) mass is 282 g/mol. The molecule has 0 heterocycles. The van der Waals surface area contributed by atoms with Gasteiger partial charge in [-0.1, -0.05) is 25.7 Å². The van der Waals surface area contributed by atoms with Crippen LogP contribution in [-0.2, 0) is 4.74 Å². The third-order valence-electron chi connectivity index (χ3n) is 4.42. The molecule has 1 N–H and O–H groups in total. The van der Waals surface area contributed by atoms with Gasteiger partial charge in [0.15, 0.2) is 0 Å². The van der Waals surface area contributed by atoms with Crippen LogP contribution in [0.2, 0.25) is 0 Å². The van der Waals surface area contributed by atoms with Gasteiger partial charge in [0, 0.05) is 26.2 Å². The maximum atomic E-state index is 11.7. The van der Waals surface area contributed by atoms with Crippen LogP contribution in [0.4, 0.5) is 4.79 Å². The van der Waals surface area contributed by atoms with E-state index in [1.54, 1.807) is 0 Å². The minimum absolute atomic E-state index is 0.0807. The Morgan fingerprint density at radius 1 is 1.10 bits per heavy atom. The van der Waals surface area contributed by atoms with Gasteiger partial charge in [-0.15, -0.1) is 0 Å². The Morgan fingerprint density at radius 3 is 2.45 bits per heavy atom. The molecule has 2 saturated carbocycles. The number of amides is 2. The summed E-state index contributed by atoms with van der Waals surface area (Å²) >= 11 is 0. The van der Waals surface area contributed by atoms with E-state index in [0.29, 0.717) is 12.1 Å². The average Bonchev–Trinajstić information content (AvgIpc) is 3.28. The van der Waals surface area contributed by atoms with Crippen molar-refractivity contribution in [3.63, 3.8) is 0 Å². The van der Waals surface area contributed by atoms with Crippen LogP contribution < -0.4 is 5.32 Å². The van der Waals surface area contributed by atoms with Crippen molar-refractivity contribution in [2.24, 2.45) is 0 Å². The molecule has 4 nitrogen and oxygen atoms in total. The van der Waals surface area contributed by atoms with E-state index in [9.17, 15) is 4.79 Å². The second-order valence-corrected chi connectivity index (χ2v) is 6.27. The third-order valence-corrected chi connectivity index (χ3v) is 4.42. The summed E-state index contributed by atoms with van der Waals surface area (Å²) in [6, 6.07) is 0.575. The van der Waals surface area contributed by atoms with Gasteiger partial charge < -0.3 is 15.0 Å². The van der Waals surface area contributed by atoms with Crippen molar-refractivity contribution in [1.82, 2.24) is 10.2 Å². The first kappa shape index (κ1) is 15.6. The van der Waals surface area contributed by atoms with Gasteiger partial charge in [-0.3, -0.25) is 0 Å². The molecule has 2 aliphatic carbocycles. The van der Waals surface area contributed by atoms with Gasteiger partial charge in [0.25, 0.3) is 0 Å². The molecule has 2 rings (SSSR count). The Labute approximate surface area is 123 Å². The number of ether oxygens (including phenoxy) is 1. The lowest BCUT2D eigenvalue weighted by atomic mass is 10.1. The molecule has 0 spiro atoms. The first-order valence-electron chi connectivity index (χ1n) is 8.39. The summed E-state index contributed by atoms with van der Waals surface area (Å²) in [6.45, 7) is 1.61. The Kier molecular flexibility index (Phi) is 6.64. The first-order valence-corrected chi connectivity index (χ1v) is 8.39. The number of carbonyl (C=O) groups excluding carboxylic acids is 1. The summed E-state index contributed by atoms with van der Waals surface area (Å²) < 4.78 is 5.94. The zero-order valence-electron chi connectivity index (χ0n) is 12.9. The van der Waals surface area contributed by atoms with Crippen molar-refractivity contribution in [2.75, 3.05) is 20.2 Å². The van der Waals surface area contributed by atoms with Crippen LogP contribution in [0, 0.1) is 0 Å². The van der Waals surface area contributed by atoms with Gasteiger partial charge >= 0.3 is 6.03 Å². The molecule has 0 bridgehead atoms. The van der Waals surface area contributed by atoms with Crippen LogP contribution in [0.25, 0.3) is 0 Å². The van der Waals surface area contributed by atoms with Gasteiger partial charge in [-0.05, 0) is 38.5 Å². The fraction of sp³-hybridized carbons (Fsp3) is 0.938. The molecule has 2 fully saturated rings. The number of hydrogen-bond acceptors (Lipinski definition) is 2. The average molecular weight is 282 g/mol. The summed E-state index contributed by atoms with van der Waals surface area (Å²) in [6.07, 6.45) is 12.8. The molecular formula is C16H30N2O2. The van der Waals surface area contributed by atoms with Crippen molar-refractivity contribution in [3.8, 4) is 0 Å². The van der Waals surface area contributed by atoms with E-state index in [0.717, 1.165) is 26.0 Å². The fourth-order valence-electron chi connectivity index (χ4n) is 2.83. The number of nitrogens with zero attached hydrogens (tertiary/aromatic N) is 1. The topological polar surface area (TPSA) is 41.6 Å². The van der Waals surface area contributed by atoms with Gasteiger partial charge in [0.1, 0.15) is 0 Å². The first-order chi connectivity index (χ1) is 9.77. The number of unbranched alkanes of at least 4 members (excludes halogenated alkanes) is 1. The molecule has 116 valence electrons. The fourth-order valence-corrected chi connectivity index (χ4v) is 2.83. The van der Waals surface area contributed by atoms with Crippen LogP contribution in [0.3, 0.4) is 0 Å². The van der Waals surface area contributed by atoms with Crippen LogP contribution in [0.15, 0.2) is 0 Å². The molecule has 0 atom stereocenters. The van der Waals surface area contributed by atoms with Crippen LogP contribution in [-0.4, -0.2) is 43.3 Å². The number of rotatable bonds is 7. The normalized spacial score (nSPS) is 20.4. The molecule has 2 amide bonds. The van der Waals surface area contributed by atoms with Crippen molar-refractivity contribution in [3.05, 3.63) is 0 Å². The van der Waals surface area contributed by atoms with Crippen LogP contribution >= 0.6 is 0 Å². The molecule has 0 aromatic heterocycles. The van der Waals surface area contributed by atoms with E-state index >= 15 is 0 Å². The standard InChI is InChI=1S/C16H30N2O2/c1-18(14-10-11-14)16(19)17-12-6-7-13-20-15-8-4-2-3-5-9-15/h14-15H,2-13H2,1H3,(H,17,19). The van der Waals surface area contributed by atoms with Crippen molar-refractivity contribution in [2.45, 2.75) is 76.4 Å². The Bertz CT molecular complexity index is 284. The quantitative estimate of drug-likeness (QED) is 0.575. The van der Waals surface area contributed by atoms with Crippen LogP contribution in [0.1, 0.15) is 64.2 Å². The zero-order valence-corrected chi connectivity index (χ0v) is 12.9. The summed E-state index contributed by atoms with van der Waals surface area (Å²) in [5, 5.41) is 2.98. The summed E-state index contributed by atoms with van der Waals surface area (Å²) in [7, 11) is 1.89. The van der Waals surface area contributed by atoms with E-state index in [2.05, 4.69) is 5.32 Å². The van der Waals surface area contributed by atoms with E-state index < -0.39 is 0 Å². The summed E-state index contributed by atoms with van der Waals surface area (Å²) in [4.78, 5) is 13.6. The molecular weight excluding hydrogens is 252 g/mol. The predicted molar refractivity (Wildman–Crippen MR) is 80.9 cm³/mol. The Balaban J connectivity index is 1.43.